The van der Waals surface area contributed by atoms with Gasteiger partial charge in [0.25, 0.3) is 0 Å². The van der Waals surface area contributed by atoms with E-state index in [1.54, 1.807) is 0 Å². The van der Waals surface area contributed by atoms with Crippen molar-refractivity contribution >= 4 is 0 Å². The van der Waals surface area contributed by atoms with Gasteiger partial charge in [0.2, 0.25) is 0 Å². The van der Waals surface area contributed by atoms with Crippen molar-refractivity contribution in [3.63, 3.8) is 0 Å². The highest BCUT2D eigenvalue weighted by atomic mass is 16.5. The molecule has 1 nitrogen and oxygen atoms in total. The van der Waals surface area contributed by atoms with E-state index >= 15 is 0 Å². The molecule has 0 aromatic rings. The first-order chi connectivity index (χ1) is 4.54. The molecule has 0 aromatic heterocycles. The largest absolute Gasteiger partial charge is 0.380 e. The van der Waals surface area contributed by atoms with Crippen molar-refractivity contribution in [3.05, 3.63) is 12.2 Å². The van der Waals surface area contributed by atoms with Gasteiger partial charge in [0.05, 0.1) is 13.2 Å². The topological polar surface area (TPSA) is 9.23 Å². The van der Waals surface area contributed by atoms with Crippen LogP contribution in [0.25, 0.3) is 0 Å². The molecule has 1 fully saturated rings. The first-order valence-corrected chi connectivity index (χ1v) is 3.77. The lowest BCUT2D eigenvalue weighted by Gasteiger charge is -2.24. The first kappa shape index (κ1) is 7.80. The molecule has 0 aliphatic carbocycles. The number of hydrogen-bond donors (Lipinski definition) is 0. The normalized spacial score (nSPS) is 30.5. The second-order valence-electron chi connectivity index (χ2n) is 3.90. The van der Waals surface area contributed by atoms with Gasteiger partial charge in [-0.1, -0.05) is 26.0 Å². The van der Waals surface area contributed by atoms with Gasteiger partial charge in [-0.3, -0.25) is 0 Å². The van der Waals surface area contributed by atoms with E-state index in [0.717, 1.165) is 13.2 Å². The highest BCUT2D eigenvalue weighted by molar-refractivity contribution is 5.04. The smallest absolute Gasteiger partial charge is 0.0537 e. The summed E-state index contributed by atoms with van der Waals surface area (Å²) in [4.78, 5) is 0. The highest BCUT2D eigenvalue weighted by Crippen LogP contribution is 2.37. The van der Waals surface area contributed by atoms with Gasteiger partial charge in [0.15, 0.2) is 0 Å². The minimum Gasteiger partial charge on any atom is -0.380 e. The third-order valence-corrected chi connectivity index (χ3v) is 2.30. The molecule has 0 N–H and O–H groups in total. The molecule has 0 unspecified atom stereocenters. The molecule has 58 valence electrons. The molecule has 0 amide bonds. The van der Waals surface area contributed by atoms with Gasteiger partial charge >= 0.3 is 0 Å². The monoisotopic (exact) mass is 140 g/mol. The fraction of sp³-hybridized carbons (Fsp3) is 0.778. The van der Waals surface area contributed by atoms with Crippen LogP contribution in [0.3, 0.4) is 0 Å². The lowest BCUT2D eigenvalue weighted by Crippen LogP contribution is -2.22. The van der Waals surface area contributed by atoms with Crippen LogP contribution in [0.15, 0.2) is 12.2 Å². The summed E-state index contributed by atoms with van der Waals surface area (Å²) in [7, 11) is 0. The Hall–Kier alpha value is -0.300. The Morgan fingerprint density at radius 2 is 2.20 bits per heavy atom. The standard InChI is InChI=1S/C9H16O/c1-7(2)8-5-10-6-9(8,3)4/h8H,1,5-6H2,2-4H3/t8-/m0/s1. The lowest BCUT2D eigenvalue weighted by molar-refractivity contribution is 0.166. The maximum atomic E-state index is 5.37. The summed E-state index contributed by atoms with van der Waals surface area (Å²) < 4.78 is 5.37. The minimum atomic E-state index is 0.311. The molecule has 1 saturated heterocycles. The molecule has 1 aliphatic heterocycles. The molecule has 0 bridgehead atoms. The van der Waals surface area contributed by atoms with Gasteiger partial charge in [-0.15, -0.1) is 0 Å². The van der Waals surface area contributed by atoms with Gasteiger partial charge in [-0.2, -0.15) is 0 Å². The van der Waals surface area contributed by atoms with Gasteiger partial charge in [-0.25, -0.2) is 0 Å². The fourth-order valence-electron chi connectivity index (χ4n) is 1.58. The van der Waals surface area contributed by atoms with E-state index in [1.807, 2.05) is 0 Å². The van der Waals surface area contributed by atoms with Crippen LogP contribution in [0.4, 0.5) is 0 Å². The molecule has 1 rings (SSSR count). The maximum Gasteiger partial charge on any atom is 0.0537 e. The zero-order chi connectivity index (χ0) is 7.78. The number of rotatable bonds is 1. The lowest BCUT2D eigenvalue weighted by atomic mass is 9.78. The van der Waals surface area contributed by atoms with Crippen LogP contribution in [-0.4, -0.2) is 13.2 Å². The van der Waals surface area contributed by atoms with E-state index in [4.69, 9.17) is 4.74 Å². The SMILES string of the molecule is C=C(C)[C@@H]1COCC1(C)C. The Bertz CT molecular complexity index is 147. The average molecular weight is 140 g/mol. The summed E-state index contributed by atoms with van der Waals surface area (Å²) in [6.07, 6.45) is 0. The molecular formula is C9H16O. The predicted molar refractivity (Wildman–Crippen MR) is 42.9 cm³/mol. The minimum absolute atomic E-state index is 0.311. The first-order valence-electron chi connectivity index (χ1n) is 3.77. The number of hydrogen-bond acceptors (Lipinski definition) is 1. The van der Waals surface area contributed by atoms with Crippen molar-refractivity contribution in [2.24, 2.45) is 11.3 Å². The summed E-state index contributed by atoms with van der Waals surface area (Å²) in [6.45, 7) is 12.3. The Morgan fingerprint density at radius 1 is 1.60 bits per heavy atom. The quantitative estimate of drug-likeness (QED) is 0.507. The average Bonchev–Trinajstić information content (AvgIpc) is 2.08. The molecule has 0 spiro atoms. The van der Waals surface area contributed by atoms with Gasteiger partial charge < -0.3 is 4.74 Å². The van der Waals surface area contributed by atoms with E-state index in [2.05, 4.69) is 27.4 Å². The molecule has 1 heterocycles. The molecular weight excluding hydrogens is 124 g/mol. The second-order valence-corrected chi connectivity index (χ2v) is 3.90. The Labute approximate surface area is 63.1 Å². The summed E-state index contributed by atoms with van der Waals surface area (Å²) in [5, 5.41) is 0. The van der Waals surface area contributed by atoms with Crippen molar-refractivity contribution in [1.82, 2.24) is 0 Å². The van der Waals surface area contributed by atoms with E-state index in [-0.39, 0.29) is 0 Å². The summed E-state index contributed by atoms with van der Waals surface area (Å²) in [5.41, 5.74) is 1.56. The van der Waals surface area contributed by atoms with Crippen LogP contribution in [0.1, 0.15) is 20.8 Å². The van der Waals surface area contributed by atoms with Gasteiger partial charge in [0.1, 0.15) is 0 Å². The maximum absolute atomic E-state index is 5.37. The van der Waals surface area contributed by atoms with Crippen LogP contribution < -0.4 is 0 Å². The summed E-state index contributed by atoms with van der Waals surface area (Å²) >= 11 is 0. The molecule has 10 heavy (non-hydrogen) atoms. The van der Waals surface area contributed by atoms with Crippen LogP contribution in [-0.2, 0) is 4.74 Å². The van der Waals surface area contributed by atoms with Crippen LogP contribution in [0, 0.1) is 11.3 Å². The molecule has 1 atom stereocenters. The van der Waals surface area contributed by atoms with Crippen LogP contribution in [0.2, 0.25) is 0 Å². The molecule has 1 aliphatic rings. The second kappa shape index (κ2) is 2.39. The van der Waals surface area contributed by atoms with Crippen molar-refractivity contribution in [2.45, 2.75) is 20.8 Å². The highest BCUT2D eigenvalue weighted by Gasteiger charge is 2.35. The van der Waals surface area contributed by atoms with E-state index in [9.17, 15) is 0 Å². The van der Waals surface area contributed by atoms with Gasteiger partial charge in [0, 0.05) is 5.92 Å². The predicted octanol–water partition coefficient (Wildman–Crippen LogP) is 2.24. The van der Waals surface area contributed by atoms with Crippen LogP contribution >= 0.6 is 0 Å². The van der Waals surface area contributed by atoms with Crippen LogP contribution in [0.5, 0.6) is 0 Å². The molecule has 0 aromatic carbocycles. The van der Waals surface area contributed by atoms with Crippen molar-refractivity contribution < 1.29 is 4.74 Å². The van der Waals surface area contributed by atoms with Gasteiger partial charge in [-0.05, 0) is 12.3 Å². The summed E-state index contributed by atoms with van der Waals surface area (Å²) in [6, 6.07) is 0. The zero-order valence-corrected chi connectivity index (χ0v) is 7.11. The van der Waals surface area contributed by atoms with E-state index in [1.165, 1.54) is 5.57 Å². The van der Waals surface area contributed by atoms with Crippen molar-refractivity contribution in [2.75, 3.05) is 13.2 Å². The van der Waals surface area contributed by atoms with E-state index in [0.29, 0.717) is 11.3 Å². The van der Waals surface area contributed by atoms with Crippen molar-refractivity contribution in [1.29, 1.82) is 0 Å². The Kier molecular flexibility index (Phi) is 1.86. The third-order valence-electron chi connectivity index (χ3n) is 2.30. The number of ether oxygens (including phenoxy) is 1. The zero-order valence-electron chi connectivity index (χ0n) is 7.11. The van der Waals surface area contributed by atoms with Crippen molar-refractivity contribution in [3.8, 4) is 0 Å². The molecule has 0 radical (unpaired) electrons. The summed E-state index contributed by atoms with van der Waals surface area (Å²) in [5.74, 6) is 0.562. The fourth-order valence-corrected chi connectivity index (χ4v) is 1.58. The molecule has 0 saturated carbocycles. The Morgan fingerprint density at radius 3 is 2.40 bits per heavy atom. The molecule has 1 heteroatoms. The Balaban J connectivity index is 2.68. The van der Waals surface area contributed by atoms with E-state index < -0.39 is 0 Å². The third kappa shape index (κ3) is 1.24.